The molecule has 0 atom stereocenters. The van der Waals surface area contributed by atoms with E-state index in [1.54, 1.807) is 0 Å². The number of fused-ring (bicyclic) bond motifs is 13. The maximum atomic E-state index is 5.71. The van der Waals surface area contributed by atoms with Crippen molar-refractivity contribution in [1.82, 2.24) is 29.1 Å². The first kappa shape index (κ1) is 64.7. The van der Waals surface area contributed by atoms with Gasteiger partial charge in [-0.1, -0.05) is 303 Å². The van der Waals surface area contributed by atoms with Gasteiger partial charge in [0, 0.05) is 43.4 Å². The van der Waals surface area contributed by atoms with Crippen LogP contribution in [0.4, 0.5) is 0 Å². The van der Waals surface area contributed by atoms with Gasteiger partial charge >= 0.3 is 0 Å². The Morgan fingerprint density at radius 1 is 0.149 bits per heavy atom. The minimum absolute atomic E-state index is 0.624. The van der Waals surface area contributed by atoms with Crippen LogP contribution in [0.1, 0.15) is 0 Å². The van der Waals surface area contributed by atoms with Crippen molar-refractivity contribution in [2.45, 2.75) is 0 Å². The van der Waals surface area contributed by atoms with Gasteiger partial charge in [0.2, 0.25) is 11.9 Å². The Kier molecular flexibility index (Phi) is 14.9. The van der Waals surface area contributed by atoms with E-state index in [2.05, 4.69) is 410 Å². The van der Waals surface area contributed by atoms with E-state index < -0.39 is 0 Å². The Labute approximate surface area is 656 Å². The zero-order chi connectivity index (χ0) is 74.9. The van der Waals surface area contributed by atoms with Gasteiger partial charge < -0.3 is 0 Å². The predicted molar refractivity (Wildman–Crippen MR) is 478 cm³/mol. The van der Waals surface area contributed by atoms with Crippen molar-refractivity contribution in [3.05, 3.63) is 400 Å². The molecule has 4 aromatic heterocycles. The van der Waals surface area contributed by atoms with Crippen molar-refractivity contribution in [2.24, 2.45) is 0 Å². The molecule has 0 fully saturated rings. The lowest BCUT2D eigenvalue weighted by atomic mass is 9.94. The van der Waals surface area contributed by atoms with Crippen LogP contribution in [0, 0.1) is 0 Å². The highest BCUT2D eigenvalue weighted by Gasteiger charge is 2.24. The third kappa shape index (κ3) is 11.0. The number of aromatic nitrogens is 6. The van der Waals surface area contributed by atoms with Gasteiger partial charge in [-0.2, -0.15) is 0 Å². The largest absolute Gasteiger partial charge is 0.278 e. The van der Waals surface area contributed by atoms with Gasteiger partial charge in [-0.05, 0) is 229 Å². The third-order valence-corrected chi connectivity index (χ3v) is 23.5. The summed E-state index contributed by atoms with van der Waals surface area (Å²) < 4.78 is 4.55. The highest BCUT2D eigenvalue weighted by molar-refractivity contribution is 6.17. The topological polar surface area (TPSA) is 61.4 Å². The van der Waals surface area contributed by atoms with E-state index in [0.717, 1.165) is 171 Å². The zero-order valence-electron chi connectivity index (χ0n) is 61.8. The lowest BCUT2D eigenvalue weighted by Gasteiger charge is -2.15. The monoisotopic (exact) mass is 1450 g/mol. The van der Waals surface area contributed by atoms with Crippen LogP contribution < -0.4 is 0 Å². The second kappa shape index (κ2) is 26.2. The summed E-state index contributed by atoms with van der Waals surface area (Å²) >= 11 is 0. The summed E-state index contributed by atoms with van der Waals surface area (Å²) in [6, 6.07) is 146. The van der Waals surface area contributed by atoms with E-state index in [4.69, 9.17) is 19.9 Å². The normalized spacial score (nSPS) is 11.9. The number of benzene rings is 19. The molecule has 0 N–H and O–H groups in total. The van der Waals surface area contributed by atoms with Crippen LogP contribution in [0.25, 0.3) is 232 Å². The molecule has 6 heteroatoms. The molecule has 0 spiro atoms. The maximum absolute atomic E-state index is 5.71. The first-order valence-electron chi connectivity index (χ1n) is 38.9. The second-order valence-corrected chi connectivity index (χ2v) is 30.1. The molecule has 0 saturated carbocycles. The van der Waals surface area contributed by atoms with E-state index >= 15 is 0 Å². The van der Waals surface area contributed by atoms with Gasteiger partial charge in [0.05, 0.1) is 44.5 Å². The smallest absolute Gasteiger partial charge is 0.235 e. The fourth-order valence-corrected chi connectivity index (χ4v) is 17.6. The average molecular weight is 1450 g/mol. The molecule has 0 aliphatic carbocycles. The quantitative estimate of drug-likeness (QED) is 0.129. The van der Waals surface area contributed by atoms with Crippen LogP contribution in [0.5, 0.6) is 0 Å². The first-order valence-corrected chi connectivity index (χ1v) is 38.9. The number of hydrogen-bond donors (Lipinski definition) is 0. The van der Waals surface area contributed by atoms with Crippen LogP contribution >= 0.6 is 0 Å². The van der Waals surface area contributed by atoms with Crippen LogP contribution in [-0.2, 0) is 0 Å². The Hall–Kier alpha value is -15.2. The molecule has 23 aromatic rings. The highest BCUT2D eigenvalue weighted by Crippen LogP contribution is 2.44. The average Bonchev–Trinajstić information content (AvgIpc) is 1.59. The molecule has 0 aliphatic rings. The van der Waals surface area contributed by atoms with Crippen molar-refractivity contribution < 1.29 is 0 Å². The fraction of sp³-hybridized carbons (Fsp3) is 0. The third-order valence-electron chi connectivity index (χ3n) is 23.5. The lowest BCUT2D eigenvalue weighted by Crippen LogP contribution is -2.04. The Morgan fingerprint density at radius 3 is 1.07 bits per heavy atom. The molecular weight excluding hydrogens is 1380 g/mol. The molecule has 114 heavy (non-hydrogen) atoms. The Bertz CT molecular complexity index is 7890. The summed E-state index contributed by atoms with van der Waals surface area (Å²) in [4.78, 5) is 22.3. The van der Waals surface area contributed by atoms with Gasteiger partial charge in [-0.3, -0.25) is 9.13 Å². The minimum Gasteiger partial charge on any atom is -0.278 e. The summed E-state index contributed by atoms with van der Waals surface area (Å²) in [5, 5.41) is 18.4. The maximum Gasteiger partial charge on any atom is 0.235 e. The molecular formula is C108H66N6. The predicted octanol–water partition coefficient (Wildman–Crippen LogP) is 28.5. The Morgan fingerprint density at radius 2 is 0.491 bits per heavy atom. The zero-order valence-corrected chi connectivity index (χ0v) is 61.8. The van der Waals surface area contributed by atoms with Crippen LogP contribution in [0.2, 0.25) is 0 Å². The Balaban J connectivity index is 0.566. The van der Waals surface area contributed by atoms with E-state index in [1.165, 1.54) is 49.0 Å². The number of rotatable bonds is 11. The summed E-state index contributed by atoms with van der Waals surface area (Å²) in [5.41, 5.74) is 25.9. The van der Waals surface area contributed by atoms with E-state index in [1.807, 2.05) is 0 Å². The van der Waals surface area contributed by atoms with Gasteiger partial charge in [-0.15, -0.1) is 0 Å². The van der Waals surface area contributed by atoms with Crippen molar-refractivity contribution in [2.75, 3.05) is 0 Å². The summed E-state index contributed by atoms with van der Waals surface area (Å²) in [6.45, 7) is 0. The molecule has 0 radical (unpaired) electrons. The van der Waals surface area contributed by atoms with E-state index in [0.29, 0.717) is 11.9 Å². The van der Waals surface area contributed by atoms with Gasteiger partial charge in [0.1, 0.15) is 0 Å². The molecule has 4 heterocycles. The molecule has 0 aliphatic heterocycles. The standard InChI is InChI=1S/C108H66N6/c1-3-17-67(18-4-1)69-33-35-71(36-34-69)87-48-52-99-98(63-87)106(92-32-16-28-73-20-13-14-31-91(73)92)112-107(109-99)113-101-53-50-89(62-94(101)96-59-78-24-9-11-26-80(78)65-103(96)113)86-46-45-83-57-82(43-44-84(83)58-86)77-30-15-29-76(55-77)70-37-39-72(40-38-70)90-47-51-93-100(64-90)110-108(111-105(93)74-21-5-2-6-22-74)114-102-54-49-88(85-42-41-68-19-7-8-23-75(68)56-85)61-95(102)97-60-79-25-10-12-27-81(79)66-104(97)114/h1-66H. The van der Waals surface area contributed by atoms with Crippen LogP contribution in [-0.4, -0.2) is 29.1 Å². The molecule has 0 saturated heterocycles. The minimum atomic E-state index is 0.624. The van der Waals surface area contributed by atoms with Crippen LogP contribution in [0.3, 0.4) is 0 Å². The van der Waals surface area contributed by atoms with Crippen molar-refractivity contribution in [1.29, 1.82) is 0 Å². The SMILES string of the molecule is c1ccc(-c2ccc(-c3ccc4nc(-n5c6ccc(-c7ccc8cc(-c9cccc(-c%10ccc(-c%11ccc%12c(-c%13ccccc%13)nc(-n%13c%14ccc(-c%15ccc%16ccccc%16c%15)cc%14c%14cc%15ccccc%15cc%14%13)nc%12c%11)cc%10)c9)ccc8c7)cc6c6cc7ccccc7cc65)nc(-c5cccc6ccccc56)c4c3)cc2)cc1. The molecule has 0 unspecified atom stereocenters. The molecule has 528 valence electrons. The van der Waals surface area contributed by atoms with Gasteiger partial charge in [0.25, 0.3) is 0 Å². The van der Waals surface area contributed by atoms with E-state index in [-0.39, 0.29) is 0 Å². The summed E-state index contributed by atoms with van der Waals surface area (Å²) in [5.74, 6) is 1.25. The van der Waals surface area contributed by atoms with Crippen molar-refractivity contribution >= 4 is 119 Å². The van der Waals surface area contributed by atoms with Gasteiger partial charge in [-0.25, -0.2) is 19.9 Å². The van der Waals surface area contributed by atoms with Crippen molar-refractivity contribution in [3.63, 3.8) is 0 Å². The molecule has 23 rings (SSSR count). The number of hydrogen-bond acceptors (Lipinski definition) is 4. The number of nitrogens with zero attached hydrogens (tertiary/aromatic N) is 6. The molecule has 6 nitrogen and oxygen atoms in total. The summed E-state index contributed by atoms with van der Waals surface area (Å²) in [6.07, 6.45) is 0. The van der Waals surface area contributed by atoms with Crippen LogP contribution in [0.15, 0.2) is 400 Å². The van der Waals surface area contributed by atoms with Gasteiger partial charge in [0.15, 0.2) is 0 Å². The fourth-order valence-electron chi connectivity index (χ4n) is 17.6. The lowest BCUT2D eigenvalue weighted by molar-refractivity contribution is 1.01. The van der Waals surface area contributed by atoms with Crippen molar-refractivity contribution in [3.8, 4) is 112 Å². The molecule has 0 amide bonds. The molecule has 19 aromatic carbocycles. The summed E-state index contributed by atoms with van der Waals surface area (Å²) in [7, 11) is 0. The highest BCUT2D eigenvalue weighted by atomic mass is 15.2. The van der Waals surface area contributed by atoms with E-state index in [9.17, 15) is 0 Å². The molecule has 0 bridgehead atoms. The first-order chi connectivity index (χ1) is 56.4. The second-order valence-electron chi connectivity index (χ2n) is 30.1.